The summed E-state index contributed by atoms with van der Waals surface area (Å²) < 4.78 is 0. The first-order valence-electron chi connectivity index (χ1n) is 6.53. The molecular formula is C13H26N2O3. The summed E-state index contributed by atoms with van der Waals surface area (Å²) in [5, 5.41) is 8.87. The lowest BCUT2D eigenvalue weighted by Gasteiger charge is -2.31. The molecule has 0 heterocycles. The van der Waals surface area contributed by atoms with E-state index in [0.717, 1.165) is 0 Å². The van der Waals surface area contributed by atoms with Gasteiger partial charge >= 0.3 is 12.0 Å². The van der Waals surface area contributed by atoms with E-state index in [-0.39, 0.29) is 18.5 Å². The van der Waals surface area contributed by atoms with E-state index >= 15 is 0 Å². The third-order valence-corrected chi connectivity index (χ3v) is 2.42. The van der Waals surface area contributed by atoms with Crippen LogP contribution in [0.4, 0.5) is 4.79 Å². The minimum atomic E-state index is -0.968. The zero-order valence-electron chi connectivity index (χ0n) is 12.1. The molecule has 0 atom stereocenters. The minimum absolute atomic E-state index is 0.178. The highest BCUT2D eigenvalue weighted by atomic mass is 16.4. The molecule has 0 aliphatic rings. The van der Waals surface area contributed by atoms with E-state index < -0.39 is 5.97 Å². The van der Waals surface area contributed by atoms with Crippen LogP contribution in [0.1, 0.15) is 34.6 Å². The molecule has 0 bridgehead atoms. The molecule has 0 unspecified atom stereocenters. The number of hydrogen-bond donors (Lipinski definition) is 1. The van der Waals surface area contributed by atoms with E-state index in [0.29, 0.717) is 25.6 Å². The molecule has 0 aromatic rings. The Kier molecular flexibility index (Phi) is 7.39. The monoisotopic (exact) mass is 258 g/mol. The number of hydrogen-bond acceptors (Lipinski definition) is 2. The maximum atomic E-state index is 12.3. The Bertz CT molecular complexity index is 277. The molecule has 1 N–H and O–H groups in total. The molecule has 5 nitrogen and oxygen atoms in total. The van der Waals surface area contributed by atoms with Gasteiger partial charge in [-0.2, -0.15) is 0 Å². The van der Waals surface area contributed by atoms with Crippen LogP contribution in [0.2, 0.25) is 0 Å². The number of amides is 2. The molecule has 5 heteroatoms. The van der Waals surface area contributed by atoms with Crippen LogP contribution >= 0.6 is 0 Å². The smallest absolute Gasteiger partial charge is 0.323 e. The number of aliphatic carboxylic acids is 1. The SMILES string of the molecule is CCN(CC(C)C)C(=O)N(CC(=O)O)CC(C)C. The average molecular weight is 258 g/mol. The second kappa shape index (κ2) is 7.95. The summed E-state index contributed by atoms with van der Waals surface area (Å²) in [4.78, 5) is 26.2. The van der Waals surface area contributed by atoms with Crippen molar-refractivity contribution in [2.45, 2.75) is 34.6 Å². The van der Waals surface area contributed by atoms with E-state index in [1.165, 1.54) is 4.90 Å². The van der Waals surface area contributed by atoms with Gasteiger partial charge in [-0.1, -0.05) is 27.7 Å². The van der Waals surface area contributed by atoms with Crippen LogP contribution in [0.3, 0.4) is 0 Å². The van der Waals surface area contributed by atoms with Crippen LogP contribution in [0, 0.1) is 11.8 Å². The number of carboxylic acid groups (broad SMARTS) is 1. The topological polar surface area (TPSA) is 60.9 Å². The second-order valence-electron chi connectivity index (χ2n) is 5.38. The maximum Gasteiger partial charge on any atom is 0.323 e. The van der Waals surface area contributed by atoms with Gasteiger partial charge in [-0.25, -0.2) is 4.79 Å². The number of urea groups is 1. The highest BCUT2D eigenvalue weighted by Crippen LogP contribution is 2.07. The van der Waals surface area contributed by atoms with Crippen molar-refractivity contribution in [1.29, 1.82) is 0 Å². The Morgan fingerprint density at radius 2 is 1.44 bits per heavy atom. The Labute approximate surface area is 110 Å². The fraction of sp³-hybridized carbons (Fsp3) is 0.846. The van der Waals surface area contributed by atoms with Gasteiger partial charge in [-0.3, -0.25) is 4.79 Å². The molecule has 0 fully saturated rings. The van der Waals surface area contributed by atoms with Crippen molar-refractivity contribution in [2.24, 2.45) is 11.8 Å². The Morgan fingerprint density at radius 1 is 1.00 bits per heavy atom. The predicted octanol–water partition coefficient (Wildman–Crippen LogP) is 2.13. The van der Waals surface area contributed by atoms with Crippen molar-refractivity contribution in [2.75, 3.05) is 26.2 Å². The van der Waals surface area contributed by atoms with Crippen LogP contribution in [0.5, 0.6) is 0 Å². The van der Waals surface area contributed by atoms with Gasteiger partial charge in [0.1, 0.15) is 6.54 Å². The fourth-order valence-electron chi connectivity index (χ4n) is 1.80. The van der Waals surface area contributed by atoms with Crippen LogP contribution in [-0.2, 0) is 4.79 Å². The first-order valence-corrected chi connectivity index (χ1v) is 6.53. The molecule has 0 rings (SSSR count). The van der Waals surface area contributed by atoms with Gasteiger partial charge in [0.2, 0.25) is 0 Å². The molecule has 0 saturated heterocycles. The molecular weight excluding hydrogens is 232 g/mol. The van der Waals surface area contributed by atoms with Gasteiger partial charge in [-0.05, 0) is 18.8 Å². The van der Waals surface area contributed by atoms with E-state index in [9.17, 15) is 9.59 Å². The molecule has 0 aliphatic carbocycles. The number of carboxylic acids is 1. The molecule has 0 aromatic carbocycles. The molecule has 0 aromatic heterocycles. The summed E-state index contributed by atoms with van der Waals surface area (Å²) in [6, 6.07) is -0.178. The van der Waals surface area contributed by atoms with Crippen LogP contribution in [0.25, 0.3) is 0 Å². The van der Waals surface area contributed by atoms with Gasteiger partial charge in [0.25, 0.3) is 0 Å². The second-order valence-corrected chi connectivity index (χ2v) is 5.38. The lowest BCUT2D eigenvalue weighted by atomic mass is 10.2. The van der Waals surface area contributed by atoms with Crippen molar-refractivity contribution in [3.05, 3.63) is 0 Å². The highest BCUT2D eigenvalue weighted by Gasteiger charge is 2.23. The number of carbonyl (C=O) groups excluding carboxylic acids is 1. The van der Waals surface area contributed by atoms with Crippen LogP contribution in [-0.4, -0.2) is 53.1 Å². The highest BCUT2D eigenvalue weighted by molar-refractivity contribution is 5.80. The first-order chi connectivity index (χ1) is 8.27. The average Bonchev–Trinajstić information content (AvgIpc) is 2.22. The van der Waals surface area contributed by atoms with Gasteiger partial charge in [0.15, 0.2) is 0 Å². The van der Waals surface area contributed by atoms with Crippen molar-refractivity contribution in [1.82, 2.24) is 9.80 Å². The summed E-state index contributed by atoms with van der Waals surface area (Å²) in [7, 11) is 0. The zero-order valence-corrected chi connectivity index (χ0v) is 12.1. The largest absolute Gasteiger partial charge is 0.480 e. The summed E-state index contributed by atoms with van der Waals surface area (Å²) in [6.07, 6.45) is 0. The quantitative estimate of drug-likeness (QED) is 0.761. The van der Waals surface area contributed by atoms with Crippen molar-refractivity contribution in [3.63, 3.8) is 0 Å². The maximum absolute atomic E-state index is 12.3. The number of nitrogens with zero attached hydrogens (tertiary/aromatic N) is 2. The minimum Gasteiger partial charge on any atom is -0.480 e. The van der Waals surface area contributed by atoms with Crippen molar-refractivity contribution < 1.29 is 14.7 Å². The van der Waals surface area contributed by atoms with Crippen LogP contribution in [0.15, 0.2) is 0 Å². The predicted molar refractivity (Wildman–Crippen MR) is 71.5 cm³/mol. The molecule has 2 amide bonds. The van der Waals surface area contributed by atoms with Crippen molar-refractivity contribution in [3.8, 4) is 0 Å². The third-order valence-electron chi connectivity index (χ3n) is 2.42. The number of rotatable bonds is 7. The summed E-state index contributed by atoms with van der Waals surface area (Å²) >= 11 is 0. The van der Waals surface area contributed by atoms with E-state index in [4.69, 9.17) is 5.11 Å². The summed E-state index contributed by atoms with van der Waals surface area (Å²) in [5.41, 5.74) is 0. The number of carbonyl (C=O) groups is 2. The lowest BCUT2D eigenvalue weighted by Crippen LogP contribution is -2.47. The Hall–Kier alpha value is -1.26. The molecule has 0 spiro atoms. The lowest BCUT2D eigenvalue weighted by molar-refractivity contribution is -0.137. The van der Waals surface area contributed by atoms with Gasteiger partial charge < -0.3 is 14.9 Å². The summed E-state index contributed by atoms with van der Waals surface area (Å²) in [6.45, 7) is 11.4. The molecule has 0 saturated carbocycles. The first kappa shape index (κ1) is 16.7. The summed E-state index contributed by atoms with van der Waals surface area (Å²) in [5.74, 6) is -0.338. The molecule has 106 valence electrons. The molecule has 18 heavy (non-hydrogen) atoms. The van der Waals surface area contributed by atoms with Crippen molar-refractivity contribution >= 4 is 12.0 Å². The Morgan fingerprint density at radius 3 is 1.78 bits per heavy atom. The van der Waals surface area contributed by atoms with E-state index in [1.807, 2.05) is 34.6 Å². The van der Waals surface area contributed by atoms with E-state index in [1.54, 1.807) is 4.90 Å². The standard InChI is InChI=1S/C13H26N2O3/c1-6-14(7-10(2)3)13(18)15(8-11(4)5)9-12(16)17/h10-11H,6-9H2,1-5H3,(H,16,17). The fourth-order valence-corrected chi connectivity index (χ4v) is 1.80. The van der Waals surface area contributed by atoms with Crippen LogP contribution < -0.4 is 0 Å². The van der Waals surface area contributed by atoms with Gasteiger partial charge in [0, 0.05) is 19.6 Å². The van der Waals surface area contributed by atoms with Gasteiger partial charge in [0.05, 0.1) is 0 Å². The molecule has 0 radical (unpaired) electrons. The third kappa shape index (κ3) is 6.47. The van der Waals surface area contributed by atoms with Gasteiger partial charge in [-0.15, -0.1) is 0 Å². The molecule has 0 aliphatic heterocycles. The Balaban J connectivity index is 4.73. The van der Waals surface area contributed by atoms with E-state index in [2.05, 4.69) is 0 Å². The zero-order chi connectivity index (χ0) is 14.3. The normalized spacial score (nSPS) is 10.8.